The molecule has 0 bridgehead atoms. The highest BCUT2D eigenvalue weighted by atomic mass is 79.9. The van der Waals surface area contributed by atoms with Crippen molar-refractivity contribution in [3.63, 3.8) is 0 Å². The summed E-state index contributed by atoms with van der Waals surface area (Å²) in [4.78, 5) is 15.9. The van der Waals surface area contributed by atoms with Crippen LogP contribution in [0.1, 0.15) is 12.5 Å². The molecule has 0 aliphatic carbocycles. The fourth-order valence-electron chi connectivity index (χ4n) is 2.39. The highest BCUT2D eigenvalue weighted by molar-refractivity contribution is 9.11. The standard InChI is InChI=1S/C15H16BrNO/c1-3-13-11(2)17(15(18)14(13)9-16)10-12-7-5-4-6-8-12/h3-9,11,13H,1,10H2,2H3/b14-9-/t11-,13+/m1/s1. The largest absolute Gasteiger partial charge is 0.331 e. The third-order valence-electron chi connectivity index (χ3n) is 3.45. The average Bonchev–Trinajstić information content (AvgIpc) is 2.63. The first-order valence-electron chi connectivity index (χ1n) is 5.96. The molecule has 0 radical (unpaired) electrons. The first-order chi connectivity index (χ1) is 8.69. The van der Waals surface area contributed by atoms with Gasteiger partial charge in [-0.25, -0.2) is 0 Å². The molecule has 2 nitrogen and oxygen atoms in total. The molecule has 1 heterocycles. The lowest BCUT2D eigenvalue weighted by atomic mass is 9.98. The van der Waals surface area contributed by atoms with Crippen LogP contribution in [0, 0.1) is 5.92 Å². The fourth-order valence-corrected chi connectivity index (χ4v) is 2.89. The van der Waals surface area contributed by atoms with E-state index in [-0.39, 0.29) is 17.9 Å². The number of halogens is 1. The molecule has 0 N–H and O–H groups in total. The predicted octanol–water partition coefficient (Wildman–Crippen LogP) is 3.50. The average molecular weight is 306 g/mol. The Morgan fingerprint density at radius 1 is 1.39 bits per heavy atom. The first-order valence-corrected chi connectivity index (χ1v) is 6.88. The normalized spacial score (nSPS) is 25.8. The molecule has 1 aromatic rings. The molecule has 2 atom stereocenters. The van der Waals surface area contributed by atoms with Gasteiger partial charge in [0, 0.05) is 24.1 Å². The zero-order valence-corrected chi connectivity index (χ0v) is 11.9. The van der Waals surface area contributed by atoms with Crippen LogP contribution in [0.2, 0.25) is 0 Å². The van der Waals surface area contributed by atoms with Gasteiger partial charge < -0.3 is 4.90 Å². The lowest BCUT2D eigenvalue weighted by molar-refractivity contribution is -0.126. The minimum atomic E-state index is 0.0909. The Hall–Kier alpha value is -1.35. The van der Waals surface area contributed by atoms with Gasteiger partial charge in [-0.1, -0.05) is 52.3 Å². The summed E-state index contributed by atoms with van der Waals surface area (Å²) < 4.78 is 0. The monoisotopic (exact) mass is 305 g/mol. The molecule has 0 spiro atoms. The van der Waals surface area contributed by atoms with Crippen LogP contribution in [0.4, 0.5) is 0 Å². The number of likely N-dealkylation sites (tertiary alicyclic amines) is 1. The second-order valence-corrected chi connectivity index (χ2v) is 4.94. The number of hydrogen-bond donors (Lipinski definition) is 0. The van der Waals surface area contributed by atoms with Gasteiger partial charge >= 0.3 is 0 Å². The van der Waals surface area contributed by atoms with E-state index in [4.69, 9.17) is 0 Å². The predicted molar refractivity (Wildman–Crippen MR) is 77.2 cm³/mol. The summed E-state index contributed by atoms with van der Waals surface area (Å²) in [5.74, 6) is 0.189. The molecule has 1 aliphatic rings. The summed E-state index contributed by atoms with van der Waals surface area (Å²) in [6, 6.07) is 10.2. The minimum Gasteiger partial charge on any atom is -0.331 e. The summed E-state index contributed by atoms with van der Waals surface area (Å²) in [5, 5.41) is 0. The van der Waals surface area contributed by atoms with Gasteiger partial charge in [0.05, 0.1) is 0 Å². The number of carbonyl (C=O) groups is 1. The van der Waals surface area contributed by atoms with Gasteiger partial charge in [0.25, 0.3) is 5.91 Å². The van der Waals surface area contributed by atoms with Crippen LogP contribution in [-0.2, 0) is 11.3 Å². The molecule has 0 aromatic heterocycles. The van der Waals surface area contributed by atoms with Crippen LogP contribution in [0.5, 0.6) is 0 Å². The summed E-state index contributed by atoms with van der Waals surface area (Å²) in [5.41, 5.74) is 1.93. The van der Waals surface area contributed by atoms with Crippen molar-refractivity contribution in [2.45, 2.75) is 19.5 Å². The summed E-state index contributed by atoms with van der Waals surface area (Å²) >= 11 is 3.28. The second kappa shape index (κ2) is 5.53. The van der Waals surface area contributed by atoms with Crippen molar-refractivity contribution in [2.75, 3.05) is 0 Å². The van der Waals surface area contributed by atoms with E-state index in [9.17, 15) is 4.79 Å². The summed E-state index contributed by atoms with van der Waals surface area (Å²) in [6.07, 6.45) is 1.85. The fraction of sp³-hybridized carbons (Fsp3) is 0.267. The summed E-state index contributed by atoms with van der Waals surface area (Å²) in [6.45, 7) is 6.54. The van der Waals surface area contributed by atoms with Crippen LogP contribution in [-0.4, -0.2) is 16.8 Å². The first kappa shape index (κ1) is 13.1. The van der Waals surface area contributed by atoms with Crippen LogP contribution >= 0.6 is 15.9 Å². The topological polar surface area (TPSA) is 20.3 Å². The molecule has 94 valence electrons. The number of hydrogen-bond acceptors (Lipinski definition) is 1. The highest BCUT2D eigenvalue weighted by Crippen LogP contribution is 2.33. The quantitative estimate of drug-likeness (QED) is 0.618. The number of benzene rings is 1. The van der Waals surface area contributed by atoms with Crippen molar-refractivity contribution in [3.8, 4) is 0 Å². The van der Waals surface area contributed by atoms with E-state index in [1.54, 1.807) is 4.99 Å². The smallest absolute Gasteiger partial charge is 0.251 e. The Balaban J connectivity index is 2.24. The molecule has 1 saturated heterocycles. The highest BCUT2D eigenvalue weighted by Gasteiger charge is 2.39. The molecule has 2 rings (SSSR count). The zero-order valence-electron chi connectivity index (χ0n) is 10.3. The van der Waals surface area contributed by atoms with Gasteiger partial charge in [-0.2, -0.15) is 0 Å². The Morgan fingerprint density at radius 2 is 2.06 bits per heavy atom. The molecule has 3 heteroatoms. The van der Waals surface area contributed by atoms with E-state index in [0.717, 1.165) is 11.1 Å². The number of rotatable bonds is 3. The summed E-state index contributed by atoms with van der Waals surface area (Å²) in [7, 11) is 0. The van der Waals surface area contributed by atoms with Gasteiger partial charge in [0.1, 0.15) is 0 Å². The van der Waals surface area contributed by atoms with Crippen LogP contribution < -0.4 is 0 Å². The number of nitrogens with zero attached hydrogens (tertiary/aromatic N) is 1. The van der Waals surface area contributed by atoms with Crippen LogP contribution in [0.3, 0.4) is 0 Å². The Bertz CT molecular complexity index is 481. The molecule has 1 aromatic carbocycles. The van der Waals surface area contributed by atoms with Crippen molar-refractivity contribution in [1.82, 2.24) is 4.90 Å². The Labute approximate surface area is 116 Å². The Kier molecular flexibility index (Phi) is 4.02. The van der Waals surface area contributed by atoms with E-state index >= 15 is 0 Å². The third kappa shape index (κ3) is 2.27. The van der Waals surface area contributed by atoms with E-state index < -0.39 is 0 Å². The molecule has 18 heavy (non-hydrogen) atoms. The van der Waals surface area contributed by atoms with Crippen molar-refractivity contribution < 1.29 is 4.79 Å². The maximum absolute atomic E-state index is 12.3. The van der Waals surface area contributed by atoms with Crippen molar-refractivity contribution in [2.24, 2.45) is 5.92 Å². The number of carbonyl (C=O) groups excluding carboxylic acids is 1. The Morgan fingerprint density at radius 3 is 2.56 bits per heavy atom. The van der Waals surface area contributed by atoms with Gasteiger partial charge in [-0.3, -0.25) is 4.79 Å². The maximum atomic E-state index is 12.3. The van der Waals surface area contributed by atoms with Gasteiger partial charge in [-0.15, -0.1) is 6.58 Å². The van der Waals surface area contributed by atoms with Crippen molar-refractivity contribution in [1.29, 1.82) is 0 Å². The zero-order chi connectivity index (χ0) is 13.1. The van der Waals surface area contributed by atoms with E-state index in [0.29, 0.717) is 6.54 Å². The third-order valence-corrected chi connectivity index (χ3v) is 3.94. The molecule has 1 amide bonds. The van der Waals surface area contributed by atoms with E-state index in [1.807, 2.05) is 41.3 Å². The molecule has 1 aliphatic heterocycles. The van der Waals surface area contributed by atoms with Crippen molar-refractivity contribution >= 4 is 21.8 Å². The minimum absolute atomic E-state index is 0.0909. The van der Waals surface area contributed by atoms with Gasteiger partial charge in [0.2, 0.25) is 0 Å². The lowest BCUT2D eigenvalue weighted by Gasteiger charge is -2.23. The van der Waals surface area contributed by atoms with Crippen LogP contribution in [0.15, 0.2) is 53.5 Å². The van der Waals surface area contributed by atoms with Crippen molar-refractivity contribution in [3.05, 3.63) is 59.1 Å². The molecule has 1 fully saturated rings. The SMILES string of the molecule is C=C[C@@H]1/C(=C/Br)C(=O)N(Cc2ccccc2)[C@@H]1C. The van der Waals surface area contributed by atoms with Gasteiger partial charge in [0.15, 0.2) is 0 Å². The maximum Gasteiger partial charge on any atom is 0.251 e. The molecular formula is C15H16BrNO. The van der Waals surface area contributed by atoms with E-state index in [2.05, 4.69) is 29.4 Å². The molecular weight excluding hydrogens is 290 g/mol. The molecule has 0 unspecified atom stereocenters. The van der Waals surface area contributed by atoms with Crippen LogP contribution in [0.25, 0.3) is 0 Å². The van der Waals surface area contributed by atoms with E-state index in [1.165, 1.54) is 0 Å². The lowest BCUT2D eigenvalue weighted by Crippen LogP contribution is -2.32. The second-order valence-electron chi connectivity index (χ2n) is 4.49. The van der Waals surface area contributed by atoms with Gasteiger partial charge in [-0.05, 0) is 17.5 Å². The number of amides is 1. The molecule has 0 saturated carbocycles.